The van der Waals surface area contributed by atoms with Gasteiger partial charge in [-0.3, -0.25) is 0 Å². The first-order chi connectivity index (χ1) is 24.8. The molecule has 0 saturated heterocycles. The first-order valence-electron chi connectivity index (χ1n) is 16.6. The fourth-order valence-electron chi connectivity index (χ4n) is 6.98. The molecule has 0 radical (unpaired) electrons. The summed E-state index contributed by atoms with van der Waals surface area (Å²) in [6.45, 7) is 0. The molecule has 50 heavy (non-hydrogen) atoms. The summed E-state index contributed by atoms with van der Waals surface area (Å²) in [5, 5.41) is 4.75. The first kappa shape index (κ1) is 28.6. The second-order valence-electron chi connectivity index (χ2n) is 12.4. The van der Waals surface area contributed by atoms with Crippen molar-refractivity contribution in [3.63, 3.8) is 0 Å². The highest BCUT2D eigenvalue weighted by Crippen LogP contribution is 2.43. The van der Waals surface area contributed by atoms with E-state index in [1.54, 1.807) is 0 Å². The van der Waals surface area contributed by atoms with Gasteiger partial charge in [0.1, 0.15) is 11.2 Å². The van der Waals surface area contributed by atoms with Crippen LogP contribution in [-0.4, -0.2) is 15.0 Å². The molecule has 3 heterocycles. The number of hydrogen-bond donors (Lipinski definition) is 0. The lowest BCUT2D eigenvalue weighted by atomic mass is 9.92. The average molecular weight is 658 g/mol. The first-order valence-corrected chi connectivity index (χ1v) is 17.4. The number of benzene rings is 7. The molecule has 0 atom stereocenters. The molecular formula is C45H27N3OS. The van der Waals surface area contributed by atoms with Crippen LogP contribution in [-0.2, 0) is 0 Å². The minimum absolute atomic E-state index is 0.614. The molecule has 0 bridgehead atoms. The molecule has 10 aromatic rings. The number of thiophene rings is 1. The van der Waals surface area contributed by atoms with Gasteiger partial charge in [0.2, 0.25) is 0 Å². The molecule has 0 saturated carbocycles. The zero-order valence-electron chi connectivity index (χ0n) is 26.7. The van der Waals surface area contributed by atoms with Gasteiger partial charge in [-0.05, 0) is 64.7 Å². The fraction of sp³-hybridized carbons (Fsp3) is 0. The minimum atomic E-state index is 0.614. The lowest BCUT2D eigenvalue weighted by molar-refractivity contribution is 0.669. The molecule has 5 heteroatoms. The number of para-hydroxylation sites is 1. The quantitative estimate of drug-likeness (QED) is 0.185. The van der Waals surface area contributed by atoms with E-state index in [0.29, 0.717) is 17.5 Å². The van der Waals surface area contributed by atoms with E-state index in [0.717, 1.165) is 55.3 Å². The van der Waals surface area contributed by atoms with Gasteiger partial charge >= 0.3 is 0 Å². The fourth-order valence-corrected chi connectivity index (χ4v) is 8.12. The van der Waals surface area contributed by atoms with Crippen molar-refractivity contribution in [1.82, 2.24) is 15.0 Å². The van der Waals surface area contributed by atoms with Crippen LogP contribution in [0.15, 0.2) is 168 Å². The van der Waals surface area contributed by atoms with E-state index < -0.39 is 0 Å². The normalized spacial score (nSPS) is 11.6. The Bertz CT molecular complexity index is 2820. The van der Waals surface area contributed by atoms with Crippen molar-refractivity contribution >= 4 is 53.4 Å². The van der Waals surface area contributed by atoms with E-state index in [2.05, 4.69) is 91.0 Å². The summed E-state index contributed by atoms with van der Waals surface area (Å²) in [4.78, 5) is 15.2. The van der Waals surface area contributed by atoms with Crippen LogP contribution >= 0.6 is 11.3 Å². The highest BCUT2D eigenvalue weighted by atomic mass is 32.1. The monoisotopic (exact) mass is 657 g/mol. The van der Waals surface area contributed by atoms with Crippen molar-refractivity contribution in [3.8, 4) is 56.4 Å². The topological polar surface area (TPSA) is 51.8 Å². The Morgan fingerprint density at radius 2 is 0.960 bits per heavy atom. The zero-order chi connectivity index (χ0) is 33.0. The zero-order valence-corrected chi connectivity index (χ0v) is 27.6. The smallest absolute Gasteiger partial charge is 0.164 e. The SMILES string of the molecule is c1ccc(-c2nc(-c3ccccc3)nc(-c3ccc(-c4cccc5sc6ccccc6c45)cc3-c3ccc4c(c3)oc3ccccc34)n2)cc1. The summed E-state index contributed by atoms with van der Waals surface area (Å²) in [6.07, 6.45) is 0. The Morgan fingerprint density at radius 3 is 1.74 bits per heavy atom. The molecule has 0 N–H and O–H groups in total. The van der Waals surface area contributed by atoms with Gasteiger partial charge in [-0.15, -0.1) is 11.3 Å². The number of fused-ring (bicyclic) bond motifs is 6. The Balaban J connectivity index is 1.24. The van der Waals surface area contributed by atoms with Crippen molar-refractivity contribution in [1.29, 1.82) is 0 Å². The molecule has 7 aromatic carbocycles. The Labute approximate surface area is 292 Å². The van der Waals surface area contributed by atoms with Gasteiger partial charge in [0, 0.05) is 47.6 Å². The minimum Gasteiger partial charge on any atom is -0.456 e. The number of furan rings is 1. The lowest BCUT2D eigenvalue weighted by Gasteiger charge is -2.15. The maximum absolute atomic E-state index is 6.38. The summed E-state index contributed by atoms with van der Waals surface area (Å²) < 4.78 is 8.94. The third-order valence-electron chi connectivity index (χ3n) is 9.36. The average Bonchev–Trinajstić information content (AvgIpc) is 3.76. The summed E-state index contributed by atoms with van der Waals surface area (Å²) in [5.41, 5.74) is 8.88. The number of rotatable bonds is 5. The van der Waals surface area contributed by atoms with Crippen LogP contribution in [0.3, 0.4) is 0 Å². The van der Waals surface area contributed by atoms with E-state index in [1.165, 1.54) is 25.7 Å². The van der Waals surface area contributed by atoms with Gasteiger partial charge in [-0.25, -0.2) is 15.0 Å². The van der Waals surface area contributed by atoms with Crippen LogP contribution in [0.5, 0.6) is 0 Å². The van der Waals surface area contributed by atoms with Gasteiger partial charge in [0.05, 0.1) is 0 Å². The van der Waals surface area contributed by atoms with Crippen molar-refractivity contribution in [2.45, 2.75) is 0 Å². The van der Waals surface area contributed by atoms with Crippen molar-refractivity contribution in [2.75, 3.05) is 0 Å². The molecule has 0 unspecified atom stereocenters. The summed E-state index contributed by atoms with van der Waals surface area (Å²) in [6, 6.07) is 56.8. The van der Waals surface area contributed by atoms with Crippen LogP contribution in [0.25, 0.3) is 98.5 Å². The predicted octanol–water partition coefficient (Wildman–Crippen LogP) is 12.5. The number of nitrogens with zero attached hydrogens (tertiary/aromatic N) is 3. The summed E-state index contributed by atoms with van der Waals surface area (Å²) in [7, 11) is 0. The standard InChI is InChI=1S/C45H27N3OS/c1-3-12-28(13-4-1)43-46-44(29-14-5-2-6-15-29)48-45(47-43)35-25-23-30(32-18-11-21-41-42(32)36-17-8-10-20-40(36)50-41)26-37(35)31-22-24-34-33-16-7-9-19-38(33)49-39(34)27-31/h1-27H. The third kappa shape index (κ3) is 4.79. The van der Waals surface area contributed by atoms with Crippen LogP contribution in [0.2, 0.25) is 0 Å². The number of hydrogen-bond acceptors (Lipinski definition) is 5. The van der Waals surface area contributed by atoms with Crippen molar-refractivity contribution < 1.29 is 4.42 Å². The maximum Gasteiger partial charge on any atom is 0.164 e. The Kier molecular flexibility index (Phi) is 6.64. The molecule has 10 rings (SSSR count). The summed E-state index contributed by atoms with van der Waals surface area (Å²) >= 11 is 1.83. The van der Waals surface area contributed by atoms with Crippen molar-refractivity contribution in [3.05, 3.63) is 164 Å². The van der Waals surface area contributed by atoms with Gasteiger partial charge in [0.25, 0.3) is 0 Å². The third-order valence-corrected chi connectivity index (χ3v) is 10.5. The molecule has 0 spiro atoms. The predicted molar refractivity (Wildman–Crippen MR) is 207 cm³/mol. The van der Waals surface area contributed by atoms with Crippen molar-refractivity contribution in [2.24, 2.45) is 0 Å². The highest BCUT2D eigenvalue weighted by molar-refractivity contribution is 7.25. The lowest BCUT2D eigenvalue weighted by Crippen LogP contribution is -2.01. The molecule has 0 fully saturated rings. The van der Waals surface area contributed by atoms with Gasteiger partial charge < -0.3 is 4.42 Å². The second-order valence-corrected chi connectivity index (χ2v) is 13.5. The molecule has 0 aliphatic rings. The Morgan fingerprint density at radius 1 is 0.360 bits per heavy atom. The molecule has 0 aliphatic heterocycles. The molecule has 4 nitrogen and oxygen atoms in total. The molecule has 234 valence electrons. The Hall–Kier alpha value is -6.43. The summed E-state index contributed by atoms with van der Waals surface area (Å²) in [5.74, 6) is 1.88. The molecular weight excluding hydrogens is 631 g/mol. The van der Waals surface area contributed by atoms with E-state index in [4.69, 9.17) is 19.4 Å². The van der Waals surface area contributed by atoms with Gasteiger partial charge in [0.15, 0.2) is 17.5 Å². The second kappa shape index (κ2) is 11.6. The maximum atomic E-state index is 6.38. The van der Waals surface area contributed by atoms with E-state index in [-0.39, 0.29) is 0 Å². The van der Waals surface area contributed by atoms with Crippen LogP contribution in [0.4, 0.5) is 0 Å². The van der Waals surface area contributed by atoms with E-state index >= 15 is 0 Å². The van der Waals surface area contributed by atoms with E-state index in [9.17, 15) is 0 Å². The number of aromatic nitrogens is 3. The molecule has 3 aromatic heterocycles. The highest BCUT2D eigenvalue weighted by Gasteiger charge is 2.19. The molecule has 0 amide bonds. The largest absolute Gasteiger partial charge is 0.456 e. The van der Waals surface area contributed by atoms with Gasteiger partial charge in [-0.2, -0.15) is 0 Å². The van der Waals surface area contributed by atoms with E-state index in [1.807, 2.05) is 84.1 Å². The molecule has 0 aliphatic carbocycles. The van der Waals surface area contributed by atoms with Crippen LogP contribution < -0.4 is 0 Å². The van der Waals surface area contributed by atoms with Crippen LogP contribution in [0.1, 0.15) is 0 Å². The van der Waals surface area contributed by atoms with Crippen LogP contribution in [0, 0.1) is 0 Å². The van der Waals surface area contributed by atoms with Gasteiger partial charge in [-0.1, -0.05) is 121 Å².